The zero-order valence-electron chi connectivity index (χ0n) is 19.4. The lowest BCUT2D eigenvalue weighted by Crippen LogP contribution is -2.35. The number of hydrogen-bond donors (Lipinski definition) is 4. The van der Waals surface area contributed by atoms with Crippen molar-refractivity contribution in [1.82, 2.24) is 15.3 Å². The molecule has 0 aliphatic carbocycles. The van der Waals surface area contributed by atoms with Crippen LogP contribution in [0.3, 0.4) is 0 Å². The molecule has 0 spiro atoms. The van der Waals surface area contributed by atoms with Crippen LogP contribution >= 0.6 is 35.5 Å². The summed E-state index contributed by atoms with van der Waals surface area (Å²) in [5.74, 6) is 2.00. The van der Waals surface area contributed by atoms with Crippen LogP contribution in [0.5, 0.6) is 0 Å². The van der Waals surface area contributed by atoms with E-state index in [0.29, 0.717) is 23.3 Å². The molecule has 0 bridgehead atoms. The average Bonchev–Trinajstić information content (AvgIpc) is 3.43. The van der Waals surface area contributed by atoms with Gasteiger partial charge in [-0.25, -0.2) is 9.97 Å². The van der Waals surface area contributed by atoms with Gasteiger partial charge >= 0.3 is 0 Å². The summed E-state index contributed by atoms with van der Waals surface area (Å²) in [6, 6.07) is 7.30. The van der Waals surface area contributed by atoms with Crippen molar-refractivity contribution in [2.75, 3.05) is 18.5 Å². The smallest absolute Gasteiger partial charge is 0.230 e. The van der Waals surface area contributed by atoms with E-state index >= 15 is 0 Å². The predicted molar refractivity (Wildman–Crippen MR) is 138 cm³/mol. The van der Waals surface area contributed by atoms with E-state index in [1.807, 2.05) is 24.3 Å². The molecule has 4 N–H and O–H groups in total. The highest BCUT2D eigenvalue weighted by Crippen LogP contribution is 2.31. The molecule has 0 saturated heterocycles. The highest BCUT2D eigenvalue weighted by molar-refractivity contribution is 8.00. The Morgan fingerprint density at radius 3 is 2.41 bits per heavy atom. The summed E-state index contributed by atoms with van der Waals surface area (Å²) in [4.78, 5) is 21.0. The van der Waals surface area contributed by atoms with Gasteiger partial charge in [-0.2, -0.15) is 0 Å². The number of oxazole rings is 1. The Hall–Kier alpha value is -1.95. The number of aromatic nitrogens is 2. The predicted octanol–water partition coefficient (Wildman–Crippen LogP) is 3.77. The third kappa shape index (κ3) is 8.68. The average molecular weight is 527 g/mol. The zero-order valence-corrected chi connectivity index (χ0v) is 21.9. The van der Waals surface area contributed by atoms with Crippen molar-refractivity contribution in [3.05, 3.63) is 59.4 Å². The van der Waals surface area contributed by atoms with E-state index < -0.39 is 0 Å². The molecule has 11 heteroatoms. The summed E-state index contributed by atoms with van der Waals surface area (Å²) < 4.78 is 6.78. The molecule has 0 fully saturated rings. The molecule has 186 valence electrons. The summed E-state index contributed by atoms with van der Waals surface area (Å²) in [5.41, 5.74) is 1.83. The van der Waals surface area contributed by atoms with Gasteiger partial charge in [0, 0.05) is 12.0 Å². The molecule has 0 saturated carbocycles. The molecule has 1 aromatic carbocycles. The molecule has 2 heterocycles. The zero-order chi connectivity index (χ0) is 23.8. The fourth-order valence-electron chi connectivity index (χ4n) is 2.81. The molecule has 0 aliphatic heterocycles. The first-order valence-electron chi connectivity index (χ1n) is 10.6. The fourth-order valence-corrected chi connectivity index (χ4v) is 4.56. The number of benzene rings is 1. The third-order valence-corrected chi connectivity index (χ3v) is 6.88. The largest absolute Gasteiger partial charge is 0.444 e. The lowest BCUT2D eigenvalue weighted by molar-refractivity contribution is -0.115. The Bertz CT molecular complexity index is 1030. The molecular formula is C23H31ClN4O4S2. The Kier molecular flexibility index (Phi) is 11.0. The topological polar surface area (TPSA) is 121 Å². The van der Waals surface area contributed by atoms with Gasteiger partial charge in [0.1, 0.15) is 5.76 Å². The Morgan fingerprint density at radius 2 is 1.79 bits per heavy atom. The number of amides is 1. The van der Waals surface area contributed by atoms with E-state index in [-0.39, 0.29) is 49.4 Å². The van der Waals surface area contributed by atoms with Crippen LogP contribution < -0.4 is 10.6 Å². The van der Waals surface area contributed by atoms with Crippen LogP contribution in [0.2, 0.25) is 0 Å². The number of anilines is 1. The monoisotopic (exact) mass is 526 g/mol. The lowest BCUT2D eigenvalue weighted by atomic mass is 9.94. The van der Waals surface area contributed by atoms with Crippen molar-refractivity contribution < 1.29 is 19.4 Å². The number of hydrogen-bond acceptors (Lipinski definition) is 9. The van der Waals surface area contributed by atoms with Crippen LogP contribution in [-0.2, 0) is 28.9 Å². The first-order valence-corrected chi connectivity index (χ1v) is 12.4. The minimum Gasteiger partial charge on any atom is -0.444 e. The molecule has 3 aromatic rings. The van der Waals surface area contributed by atoms with Crippen LogP contribution in [0.25, 0.3) is 0 Å². The van der Waals surface area contributed by atoms with E-state index in [1.54, 1.807) is 24.2 Å². The number of nitrogens with zero attached hydrogens (tertiary/aromatic N) is 2. The van der Waals surface area contributed by atoms with E-state index in [1.165, 1.54) is 11.3 Å². The highest BCUT2D eigenvalue weighted by Gasteiger charge is 2.19. The number of aliphatic hydroxyl groups excluding tert-OH is 2. The number of rotatable bonds is 11. The lowest BCUT2D eigenvalue weighted by Gasteiger charge is -2.13. The van der Waals surface area contributed by atoms with Crippen LogP contribution in [0.4, 0.5) is 5.13 Å². The molecule has 0 radical (unpaired) electrons. The normalized spacial score (nSPS) is 11.5. The van der Waals surface area contributed by atoms with E-state index in [9.17, 15) is 4.79 Å². The second kappa shape index (κ2) is 13.2. The van der Waals surface area contributed by atoms with Crippen LogP contribution in [0.1, 0.15) is 43.5 Å². The number of nitrogens with one attached hydrogen (secondary N) is 2. The maximum absolute atomic E-state index is 12.4. The third-order valence-electron chi connectivity index (χ3n) is 4.78. The number of carbonyl (C=O) groups excluding carboxylic acids is 1. The molecule has 3 rings (SSSR count). The molecule has 34 heavy (non-hydrogen) atoms. The standard InChI is InChI=1S/C23H30N4O4S2.ClH/c1-23(2,3)18-10-25-20(31-18)14-32-21-11-26-22(33-21)27-19(30)8-15-4-6-16(7-5-15)9-24-17(12-28)13-29;/h4-7,10-11,17,24,28-29H,8-9,12-14H2,1-3H3,(H,26,27,30);1H. The maximum atomic E-state index is 12.4. The Morgan fingerprint density at radius 1 is 1.12 bits per heavy atom. The summed E-state index contributed by atoms with van der Waals surface area (Å²) in [6.07, 6.45) is 3.77. The van der Waals surface area contributed by atoms with Gasteiger partial charge < -0.3 is 25.3 Å². The molecule has 1 amide bonds. The molecular weight excluding hydrogens is 496 g/mol. The highest BCUT2D eigenvalue weighted by atomic mass is 35.5. The molecule has 8 nitrogen and oxygen atoms in total. The fraction of sp³-hybridized carbons (Fsp3) is 0.435. The SMILES string of the molecule is CC(C)(C)c1cnc(CSc2cnc(NC(=O)Cc3ccc(CNC(CO)CO)cc3)s2)o1.Cl. The van der Waals surface area contributed by atoms with Crippen LogP contribution in [-0.4, -0.2) is 45.3 Å². The summed E-state index contributed by atoms with van der Waals surface area (Å²) in [6.45, 7) is 6.54. The van der Waals surface area contributed by atoms with Gasteiger partial charge in [0.25, 0.3) is 0 Å². The van der Waals surface area contributed by atoms with Crippen molar-refractivity contribution in [3.63, 3.8) is 0 Å². The van der Waals surface area contributed by atoms with Crippen LogP contribution in [0, 0.1) is 0 Å². The Balaban J connectivity index is 0.00000408. The molecule has 0 aliphatic rings. The maximum Gasteiger partial charge on any atom is 0.230 e. The van der Waals surface area contributed by atoms with Gasteiger partial charge in [-0.15, -0.1) is 24.2 Å². The van der Waals surface area contributed by atoms with Gasteiger partial charge in [0.2, 0.25) is 11.8 Å². The first-order chi connectivity index (χ1) is 15.8. The van der Waals surface area contributed by atoms with Gasteiger partial charge in [0.05, 0.1) is 48.0 Å². The van der Waals surface area contributed by atoms with Gasteiger partial charge in [-0.1, -0.05) is 56.4 Å². The number of aliphatic hydroxyl groups is 2. The first kappa shape index (κ1) is 28.3. The molecule has 2 aromatic heterocycles. The second-order valence-electron chi connectivity index (χ2n) is 8.63. The minimum atomic E-state index is -0.340. The van der Waals surface area contributed by atoms with Crippen molar-refractivity contribution >= 4 is 46.5 Å². The van der Waals surface area contributed by atoms with Crippen molar-refractivity contribution in [2.45, 2.75) is 55.2 Å². The van der Waals surface area contributed by atoms with Crippen LogP contribution in [0.15, 0.2) is 45.3 Å². The molecule has 0 unspecified atom stereocenters. The van der Waals surface area contributed by atoms with E-state index in [2.05, 4.69) is 41.4 Å². The minimum absolute atomic E-state index is 0. The van der Waals surface area contributed by atoms with Gasteiger partial charge in [-0.05, 0) is 11.1 Å². The quantitative estimate of drug-likeness (QED) is 0.279. The second-order valence-corrected chi connectivity index (χ2v) is 10.9. The summed E-state index contributed by atoms with van der Waals surface area (Å²) in [7, 11) is 0. The number of thiazole rings is 1. The van der Waals surface area contributed by atoms with Crippen molar-refractivity contribution in [3.8, 4) is 0 Å². The number of carbonyl (C=O) groups is 1. The Labute approximate surface area is 214 Å². The number of thioether (sulfide) groups is 1. The number of halogens is 1. The summed E-state index contributed by atoms with van der Waals surface area (Å²) in [5, 5.41) is 24.7. The van der Waals surface area contributed by atoms with Gasteiger partial charge in [0.15, 0.2) is 5.13 Å². The van der Waals surface area contributed by atoms with E-state index in [0.717, 1.165) is 21.1 Å². The molecule has 0 atom stereocenters. The summed E-state index contributed by atoms with van der Waals surface area (Å²) >= 11 is 2.99. The van der Waals surface area contributed by atoms with E-state index in [4.69, 9.17) is 14.6 Å². The van der Waals surface area contributed by atoms with Crippen molar-refractivity contribution in [1.29, 1.82) is 0 Å². The van der Waals surface area contributed by atoms with Crippen molar-refractivity contribution in [2.24, 2.45) is 0 Å². The van der Waals surface area contributed by atoms with Gasteiger partial charge in [-0.3, -0.25) is 4.79 Å².